The van der Waals surface area contributed by atoms with Crippen LogP contribution in [0.2, 0.25) is 0 Å². The molecule has 0 spiro atoms. The molecule has 2 aromatic carbocycles. The molecule has 0 bridgehead atoms. The van der Waals surface area contributed by atoms with Crippen molar-refractivity contribution in [3.8, 4) is 11.3 Å². The maximum Gasteiger partial charge on any atom is 0.419 e. The fourth-order valence-electron chi connectivity index (χ4n) is 3.47. The highest BCUT2D eigenvalue weighted by atomic mass is 16.6. The molecule has 0 saturated heterocycles. The summed E-state index contributed by atoms with van der Waals surface area (Å²) in [7, 11) is 0. The predicted molar refractivity (Wildman–Crippen MR) is 102 cm³/mol. The maximum absolute atomic E-state index is 12.9. The average Bonchev–Trinajstić information content (AvgIpc) is 3.14. The van der Waals surface area contributed by atoms with Gasteiger partial charge in [0.2, 0.25) is 0 Å². The van der Waals surface area contributed by atoms with Crippen molar-refractivity contribution in [1.29, 1.82) is 0 Å². The van der Waals surface area contributed by atoms with Crippen molar-refractivity contribution in [1.82, 2.24) is 4.57 Å². The number of nitrogens with zero attached hydrogens (tertiary/aromatic N) is 1. The third-order valence-electron chi connectivity index (χ3n) is 4.61. The predicted octanol–water partition coefficient (Wildman–Crippen LogP) is 5.22. The van der Waals surface area contributed by atoms with Crippen molar-refractivity contribution >= 4 is 22.8 Å². The molecule has 4 heteroatoms. The summed E-state index contributed by atoms with van der Waals surface area (Å²) in [5.41, 5.74) is 3.64. The van der Waals surface area contributed by atoms with Crippen LogP contribution in [0.4, 0.5) is 4.79 Å². The molecule has 0 fully saturated rings. The third-order valence-corrected chi connectivity index (χ3v) is 4.61. The van der Waals surface area contributed by atoms with E-state index >= 15 is 0 Å². The zero-order chi connectivity index (χ0) is 18.5. The second kappa shape index (κ2) is 5.84. The molecule has 4 nitrogen and oxygen atoms in total. The van der Waals surface area contributed by atoms with E-state index in [9.17, 15) is 9.59 Å². The number of hydrogen-bond acceptors (Lipinski definition) is 3. The van der Waals surface area contributed by atoms with Crippen LogP contribution < -0.4 is 0 Å². The van der Waals surface area contributed by atoms with E-state index in [1.807, 2.05) is 69.3 Å². The summed E-state index contributed by atoms with van der Waals surface area (Å²) in [6.45, 7) is 5.55. The van der Waals surface area contributed by atoms with E-state index in [-0.39, 0.29) is 5.78 Å². The molecule has 1 aliphatic rings. The van der Waals surface area contributed by atoms with Gasteiger partial charge < -0.3 is 4.74 Å². The number of carbonyl (C=O) groups is 2. The molecule has 0 aliphatic heterocycles. The van der Waals surface area contributed by atoms with E-state index in [2.05, 4.69) is 0 Å². The van der Waals surface area contributed by atoms with Gasteiger partial charge in [0, 0.05) is 17.4 Å². The van der Waals surface area contributed by atoms with Gasteiger partial charge in [-0.3, -0.25) is 4.79 Å². The molecule has 4 rings (SSSR count). The molecule has 1 aliphatic carbocycles. The first-order chi connectivity index (χ1) is 12.3. The summed E-state index contributed by atoms with van der Waals surface area (Å²) in [6, 6.07) is 15.6. The number of aromatic nitrogens is 1. The van der Waals surface area contributed by atoms with Crippen LogP contribution >= 0.6 is 0 Å². The lowest BCUT2D eigenvalue weighted by atomic mass is 10.0. The van der Waals surface area contributed by atoms with Crippen LogP contribution in [0.25, 0.3) is 22.2 Å². The van der Waals surface area contributed by atoms with Crippen molar-refractivity contribution in [3.05, 3.63) is 59.7 Å². The lowest BCUT2D eigenvalue weighted by Crippen LogP contribution is -2.27. The topological polar surface area (TPSA) is 48.3 Å². The number of fused-ring (bicyclic) bond motifs is 2. The van der Waals surface area contributed by atoms with Crippen LogP contribution in [0, 0.1) is 0 Å². The number of ketones is 1. The highest BCUT2D eigenvalue weighted by molar-refractivity contribution is 6.02. The Labute approximate surface area is 152 Å². The molecule has 1 heterocycles. The SMILES string of the molecule is CC(C)(C)OC(=O)n1c(-c2ccc3c(c2)C(=O)CC3)cc2ccccc21. The second-order valence-electron chi connectivity index (χ2n) is 7.70. The molecular weight excluding hydrogens is 326 g/mol. The lowest BCUT2D eigenvalue weighted by molar-refractivity contribution is 0.0547. The minimum Gasteiger partial charge on any atom is -0.443 e. The van der Waals surface area contributed by atoms with Crippen molar-refractivity contribution in [2.75, 3.05) is 0 Å². The van der Waals surface area contributed by atoms with Gasteiger partial charge >= 0.3 is 6.09 Å². The van der Waals surface area contributed by atoms with Gasteiger partial charge in [-0.05, 0) is 56.5 Å². The standard InChI is InChI=1S/C22H21NO3/c1-22(2,3)26-21(25)23-18-7-5-4-6-15(18)13-19(23)16-9-8-14-10-11-20(24)17(14)12-16/h4-9,12-13H,10-11H2,1-3H3. The van der Waals surface area contributed by atoms with Crippen LogP contribution in [0.5, 0.6) is 0 Å². The van der Waals surface area contributed by atoms with E-state index in [1.54, 1.807) is 4.57 Å². The Morgan fingerprint density at radius 2 is 1.81 bits per heavy atom. The molecule has 3 aromatic rings. The number of carbonyl (C=O) groups excluding carboxylic acids is 2. The van der Waals surface area contributed by atoms with E-state index in [4.69, 9.17) is 4.74 Å². The quantitative estimate of drug-likeness (QED) is 0.606. The number of rotatable bonds is 1. The highest BCUT2D eigenvalue weighted by Gasteiger charge is 2.24. The molecule has 0 atom stereocenters. The number of para-hydroxylation sites is 1. The first-order valence-electron chi connectivity index (χ1n) is 8.84. The Hall–Kier alpha value is -2.88. The third kappa shape index (κ3) is 2.81. The van der Waals surface area contributed by atoms with Crippen LogP contribution in [-0.2, 0) is 11.2 Å². The molecule has 132 valence electrons. The van der Waals surface area contributed by atoms with Gasteiger partial charge in [0.25, 0.3) is 0 Å². The van der Waals surface area contributed by atoms with Gasteiger partial charge in [-0.25, -0.2) is 9.36 Å². The van der Waals surface area contributed by atoms with E-state index in [0.717, 1.165) is 39.7 Å². The lowest BCUT2D eigenvalue weighted by Gasteiger charge is -2.21. The summed E-state index contributed by atoms with van der Waals surface area (Å²) < 4.78 is 7.22. The fraction of sp³-hybridized carbons (Fsp3) is 0.273. The average molecular weight is 347 g/mol. The molecule has 26 heavy (non-hydrogen) atoms. The number of Topliss-reactive ketones (excluding diaryl/α,β-unsaturated/α-hetero) is 1. The smallest absolute Gasteiger partial charge is 0.419 e. The van der Waals surface area contributed by atoms with Crippen LogP contribution in [0.15, 0.2) is 48.5 Å². The van der Waals surface area contributed by atoms with Gasteiger partial charge in [0.05, 0.1) is 11.2 Å². The molecular formula is C22H21NO3. The normalized spacial score (nSPS) is 13.9. The van der Waals surface area contributed by atoms with Gasteiger partial charge in [-0.1, -0.05) is 30.3 Å². The Morgan fingerprint density at radius 1 is 1.04 bits per heavy atom. The Balaban J connectivity index is 1.90. The first kappa shape index (κ1) is 16.6. The van der Waals surface area contributed by atoms with E-state index in [0.29, 0.717) is 6.42 Å². The van der Waals surface area contributed by atoms with Gasteiger partial charge in [0.15, 0.2) is 5.78 Å². The summed E-state index contributed by atoms with van der Waals surface area (Å²) in [5, 5.41) is 0.959. The number of benzene rings is 2. The van der Waals surface area contributed by atoms with Crippen LogP contribution in [0.1, 0.15) is 43.1 Å². The first-order valence-corrected chi connectivity index (χ1v) is 8.84. The molecule has 0 saturated carbocycles. The number of aryl methyl sites for hydroxylation is 1. The molecule has 0 unspecified atom stereocenters. The zero-order valence-corrected chi connectivity index (χ0v) is 15.2. The molecule has 0 amide bonds. The molecule has 0 radical (unpaired) electrons. The van der Waals surface area contributed by atoms with E-state index < -0.39 is 11.7 Å². The second-order valence-corrected chi connectivity index (χ2v) is 7.70. The minimum atomic E-state index is -0.590. The highest BCUT2D eigenvalue weighted by Crippen LogP contribution is 2.32. The molecule has 1 aromatic heterocycles. The summed E-state index contributed by atoms with van der Waals surface area (Å²) in [6.07, 6.45) is 0.942. The van der Waals surface area contributed by atoms with Gasteiger partial charge in [-0.2, -0.15) is 0 Å². The van der Waals surface area contributed by atoms with Crippen LogP contribution in [0.3, 0.4) is 0 Å². The van der Waals surface area contributed by atoms with Crippen molar-refractivity contribution < 1.29 is 14.3 Å². The zero-order valence-electron chi connectivity index (χ0n) is 15.2. The van der Waals surface area contributed by atoms with Crippen LogP contribution in [-0.4, -0.2) is 22.0 Å². The minimum absolute atomic E-state index is 0.168. The number of ether oxygens (including phenoxy) is 1. The summed E-state index contributed by atoms with van der Waals surface area (Å²) in [4.78, 5) is 25.0. The Bertz CT molecular complexity index is 1040. The Morgan fingerprint density at radius 3 is 2.58 bits per heavy atom. The van der Waals surface area contributed by atoms with E-state index in [1.165, 1.54) is 0 Å². The van der Waals surface area contributed by atoms with Crippen molar-refractivity contribution in [2.45, 2.75) is 39.2 Å². The van der Waals surface area contributed by atoms with Crippen molar-refractivity contribution in [2.24, 2.45) is 0 Å². The monoisotopic (exact) mass is 347 g/mol. The van der Waals surface area contributed by atoms with Gasteiger partial charge in [0.1, 0.15) is 5.60 Å². The molecule has 0 N–H and O–H groups in total. The maximum atomic E-state index is 12.9. The summed E-state index contributed by atoms with van der Waals surface area (Å²) in [5.74, 6) is 0.168. The number of hydrogen-bond donors (Lipinski definition) is 0. The Kier molecular flexibility index (Phi) is 3.72. The largest absolute Gasteiger partial charge is 0.443 e. The van der Waals surface area contributed by atoms with Gasteiger partial charge in [-0.15, -0.1) is 0 Å². The fourth-order valence-corrected chi connectivity index (χ4v) is 3.47. The van der Waals surface area contributed by atoms with Crippen molar-refractivity contribution in [3.63, 3.8) is 0 Å². The summed E-state index contributed by atoms with van der Waals surface area (Å²) >= 11 is 0.